The molecule has 0 radical (unpaired) electrons. The molecule has 0 bridgehead atoms. The second-order valence-corrected chi connectivity index (χ2v) is 8.78. The van der Waals surface area contributed by atoms with Crippen LogP contribution in [0.4, 0.5) is 5.69 Å². The van der Waals surface area contributed by atoms with Crippen LogP contribution < -0.4 is 24.3 Å². The molecule has 4 aromatic rings. The Kier molecular flexibility index (Phi) is 7.66. The first-order valence-electron chi connectivity index (χ1n) is 12.2. The normalized spacial score (nSPS) is 15.2. The van der Waals surface area contributed by atoms with Crippen LogP contribution in [-0.4, -0.2) is 48.2 Å². The Hall–Kier alpha value is -4.30. The summed E-state index contributed by atoms with van der Waals surface area (Å²) in [4.78, 5) is 11.5. The van der Waals surface area contributed by atoms with Crippen molar-refractivity contribution < 1.29 is 18.9 Å². The first kappa shape index (κ1) is 24.4. The smallest absolute Gasteiger partial charge is 0.325 e. The van der Waals surface area contributed by atoms with Crippen LogP contribution in [0, 0.1) is 0 Å². The number of nitrogens with zero attached hydrogens (tertiary/aromatic N) is 3. The van der Waals surface area contributed by atoms with Crippen LogP contribution in [-0.2, 0) is 6.54 Å². The molecule has 3 aromatic carbocycles. The quantitative estimate of drug-likeness (QED) is 0.296. The molecule has 5 rings (SSSR count). The zero-order chi connectivity index (χ0) is 25.5. The van der Waals surface area contributed by atoms with E-state index in [-0.39, 0.29) is 12.1 Å². The van der Waals surface area contributed by atoms with Gasteiger partial charge < -0.3 is 24.3 Å². The van der Waals surface area contributed by atoms with E-state index in [0.717, 1.165) is 37.6 Å². The van der Waals surface area contributed by atoms with E-state index in [9.17, 15) is 0 Å². The minimum absolute atomic E-state index is 0.191. The van der Waals surface area contributed by atoms with Crippen molar-refractivity contribution in [1.29, 1.82) is 0 Å². The molecule has 1 N–H and O–H groups in total. The largest absolute Gasteiger partial charge is 0.497 e. The van der Waals surface area contributed by atoms with Crippen LogP contribution in [0.5, 0.6) is 34.9 Å². The van der Waals surface area contributed by atoms with E-state index in [1.54, 1.807) is 32.5 Å². The van der Waals surface area contributed by atoms with Gasteiger partial charge in [0.2, 0.25) is 5.88 Å². The molecule has 0 amide bonds. The second-order valence-electron chi connectivity index (χ2n) is 8.78. The fourth-order valence-corrected chi connectivity index (χ4v) is 4.24. The number of ether oxygens (including phenoxy) is 4. The highest BCUT2D eigenvalue weighted by Crippen LogP contribution is 2.32. The summed E-state index contributed by atoms with van der Waals surface area (Å²) >= 11 is 0. The highest BCUT2D eigenvalue weighted by Gasteiger charge is 2.24. The second kappa shape index (κ2) is 11.6. The standard InChI is InChI=1S/C29H30N4O4/c1-34-23-8-12-25(13-9-23)36-28-27(18-30-29(32-28)37-26-14-10-24(35-2)11-15-26)31-22-16-17-33(20-22)19-21-6-4-3-5-7-21/h3-15,18,22,31H,16-17,19-20H2,1-2H3. The molecule has 0 aliphatic carbocycles. The summed E-state index contributed by atoms with van der Waals surface area (Å²) in [5, 5.41) is 3.59. The summed E-state index contributed by atoms with van der Waals surface area (Å²) < 4.78 is 22.5. The number of rotatable bonds is 10. The lowest BCUT2D eigenvalue weighted by Crippen LogP contribution is -2.26. The maximum Gasteiger partial charge on any atom is 0.325 e. The van der Waals surface area contributed by atoms with Crippen LogP contribution in [0.1, 0.15) is 12.0 Å². The van der Waals surface area contributed by atoms with Gasteiger partial charge in [-0.15, -0.1) is 0 Å². The Morgan fingerprint density at radius 1 is 0.811 bits per heavy atom. The SMILES string of the molecule is COc1ccc(Oc2ncc(NC3CCN(Cc4ccccc4)C3)c(Oc3ccc(OC)cc3)n2)cc1. The number of aromatic nitrogens is 2. The number of hydrogen-bond acceptors (Lipinski definition) is 8. The predicted octanol–water partition coefficient (Wildman–Crippen LogP) is 5.76. The zero-order valence-electron chi connectivity index (χ0n) is 21.0. The minimum Gasteiger partial charge on any atom is -0.497 e. The van der Waals surface area contributed by atoms with Crippen molar-refractivity contribution in [3.63, 3.8) is 0 Å². The first-order valence-corrected chi connectivity index (χ1v) is 12.2. The van der Waals surface area contributed by atoms with Gasteiger partial charge in [-0.3, -0.25) is 4.90 Å². The Labute approximate surface area is 216 Å². The molecule has 0 saturated carbocycles. The van der Waals surface area contributed by atoms with Gasteiger partial charge in [-0.05, 0) is 60.5 Å². The average molecular weight is 499 g/mol. The van der Waals surface area contributed by atoms with Crippen LogP contribution in [0.25, 0.3) is 0 Å². The summed E-state index contributed by atoms with van der Waals surface area (Å²) in [5.74, 6) is 3.13. The Morgan fingerprint density at radius 2 is 1.43 bits per heavy atom. The van der Waals surface area contributed by atoms with Gasteiger partial charge in [-0.2, -0.15) is 4.98 Å². The Bertz CT molecular complexity index is 1280. The highest BCUT2D eigenvalue weighted by molar-refractivity contribution is 5.54. The molecular weight excluding hydrogens is 468 g/mol. The maximum atomic E-state index is 6.17. The van der Waals surface area contributed by atoms with E-state index in [0.29, 0.717) is 23.1 Å². The van der Waals surface area contributed by atoms with Gasteiger partial charge in [0.05, 0.1) is 20.4 Å². The lowest BCUT2D eigenvalue weighted by molar-refractivity contribution is 0.328. The van der Waals surface area contributed by atoms with Crippen molar-refractivity contribution in [3.05, 3.63) is 90.6 Å². The monoisotopic (exact) mass is 498 g/mol. The average Bonchev–Trinajstić information content (AvgIpc) is 3.38. The first-order chi connectivity index (χ1) is 18.2. The van der Waals surface area contributed by atoms with Gasteiger partial charge in [0.1, 0.15) is 28.7 Å². The Morgan fingerprint density at radius 3 is 2.08 bits per heavy atom. The maximum absolute atomic E-state index is 6.17. The van der Waals surface area contributed by atoms with Crippen molar-refractivity contribution in [2.24, 2.45) is 0 Å². The summed E-state index contributed by atoms with van der Waals surface area (Å²) in [6, 6.07) is 25.6. The van der Waals surface area contributed by atoms with Gasteiger partial charge in [0.15, 0.2) is 0 Å². The van der Waals surface area contributed by atoms with Crippen LogP contribution >= 0.6 is 0 Å². The summed E-state index contributed by atoms with van der Waals surface area (Å²) in [6.45, 7) is 2.86. The molecule has 190 valence electrons. The number of nitrogens with one attached hydrogen (secondary N) is 1. The fourth-order valence-electron chi connectivity index (χ4n) is 4.24. The van der Waals surface area contributed by atoms with Crippen LogP contribution in [0.2, 0.25) is 0 Å². The summed E-state index contributed by atoms with van der Waals surface area (Å²) in [6.07, 6.45) is 2.73. The molecule has 1 aliphatic rings. The van der Waals surface area contributed by atoms with Crippen LogP contribution in [0.3, 0.4) is 0 Å². The van der Waals surface area contributed by atoms with Crippen molar-refractivity contribution in [2.75, 3.05) is 32.6 Å². The predicted molar refractivity (Wildman–Crippen MR) is 142 cm³/mol. The molecule has 8 heteroatoms. The number of methoxy groups -OCH3 is 2. The van der Waals surface area contributed by atoms with Crippen molar-refractivity contribution >= 4 is 5.69 Å². The molecular formula is C29H30N4O4. The number of hydrogen-bond donors (Lipinski definition) is 1. The molecule has 1 unspecified atom stereocenters. The lowest BCUT2D eigenvalue weighted by Gasteiger charge is -2.19. The molecule has 1 fully saturated rings. The molecule has 1 aliphatic heterocycles. The van der Waals surface area contributed by atoms with Crippen LogP contribution in [0.15, 0.2) is 85.1 Å². The molecule has 1 saturated heterocycles. The highest BCUT2D eigenvalue weighted by atomic mass is 16.5. The molecule has 8 nitrogen and oxygen atoms in total. The molecule has 1 atom stereocenters. The third-order valence-electron chi connectivity index (χ3n) is 6.16. The fraction of sp³-hybridized carbons (Fsp3) is 0.241. The number of benzene rings is 3. The molecule has 1 aromatic heterocycles. The van der Waals surface area contributed by atoms with Crippen molar-refractivity contribution in [3.8, 4) is 34.9 Å². The Balaban J connectivity index is 1.32. The summed E-state index contributed by atoms with van der Waals surface area (Å²) in [5.41, 5.74) is 2.03. The van der Waals surface area contributed by atoms with Gasteiger partial charge in [0.25, 0.3) is 0 Å². The molecule has 0 spiro atoms. The van der Waals surface area contributed by atoms with Gasteiger partial charge in [-0.1, -0.05) is 30.3 Å². The van der Waals surface area contributed by atoms with E-state index in [1.807, 2.05) is 42.5 Å². The van der Waals surface area contributed by atoms with Crippen molar-refractivity contribution in [2.45, 2.75) is 19.0 Å². The molecule has 37 heavy (non-hydrogen) atoms. The van der Waals surface area contributed by atoms with Crippen molar-refractivity contribution in [1.82, 2.24) is 14.9 Å². The van der Waals surface area contributed by atoms with E-state index in [2.05, 4.69) is 44.5 Å². The van der Waals surface area contributed by atoms with E-state index >= 15 is 0 Å². The third kappa shape index (κ3) is 6.48. The van der Waals surface area contributed by atoms with E-state index < -0.39 is 0 Å². The lowest BCUT2D eigenvalue weighted by atomic mass is 10.2. The minimum atomic E-state index is 0.191. The summed E-state index contributed by atoms with van der Waals surface area (Å²) in [7, 11) is 3.26. The number of likely N-dealkylation sites (tertiary alicyclic amines) is 1. The van der Waals surface area contributed by atoms with E-state index in [4.69, 9.17) is 18.9 Å². The van der Waals surface area contributed by atoms with E-state index in [1.165, 1.54) is 5.56 Å². The number of anilines is 1. The topological polar surface area (TPSA) is 78.0 Å². The van der Waals surface area contributed by atoms with Gasteiger partial charge in [-0.25, -0.2) is 4.98 Å². The zero-order valence-corrected chi connectivity index (χ0v) is 21.0. The van der Waals surface area contributed by atoms with Gasteiger partial charge in [0, 0.05) is 25.7 Å². The third-order valence-corrected chi connectivity index (χ3v) is 6.16. The van der Waals surface area contributed by atoms with Gasteiger partial charge >= 0.3 is 6.01 Å². The molecule has 2 heterocycles.